The summed E-state index contributed by atoms with van der Waals surface area (Å²) in [5, 5.41) is 33.6. The van der Waals surface area contributed by atoms with Gasteiger partial charge in [-0.05, 0) is 10.4 Å². The molecule has 2 saturated heterocycles. The number of fused-ring (bicyclic) bond motifs is 1. The highest BCUT2D eigenvalue weighted by Crippen LogP contribution is 2.43. The van der Waals surface area contributed by atoms with E-state index in [4.69, 9.17) is 5.11 Å². The van der Waals surface area contributed by atoms with Gasteiger partial charge in [-0.1, -0.05) is 16.9 Å². The molecule has 2 N–H and O–H groups in total. The Morgan fingerprint density at radius 3 is 2.89 bits per heavy atom. The van der Waals surface area contributed by atoms with Crippen LogP contribution in [0, 0.1) is 5.41 Å². The van der Waals surface area contributed by atoms with Crippen LogP contribution < -0.4 is 0 Å². The fourth-order valence-electron chi connectivity index (χ4n) is 2.66. The smallest absolute Gasteiger partial charge is 0.355 e. The highest BCUT2D eigenvalue weighted by Gasteiger charge is 2.51. The van der Waals surface area contributed by atoms with Crippen LogP contribution in [0.1, 0.15) is 6.42 Å². The minimum atomic E-state index is -1.28. The van der Waals surface area contributed by atoms with E-state index in [0.717, 1.165) is 11.8 Å². The fourth-order valence-corrected chi connectivity index (χ4v) is 5.32. The molecule has 12 nitrogen and oxygen atoms in total. The lowest BCUT2D eigenvalue weighted by Crippen LogP contribution is -2.61. The van der Waals surface area contributed by atoms with Crippen LogP contribution in [0.25, 0.3) is 0 Å². The van der Waals surface area contributed by atoms with Crippen molar-refractivity contribution in [3.05, 3.63) is 0 Å². The van der Waals surface area contributed by atoms with Crippen molar-refractivity contribution in [3.8, 4) is 0 Å². The second-order valence-electron chi connectivity index (χ2n) is 6.01. The maximum Gasteiger partial charge on any atom is 0.355 e. The number of thioether (sulfide) groups is 2. The van der Waals surface area contributed by atoms with E-state index >= 15 is 0 Å². The molecule has 27 heavy (non-hydrogen) atoms. The molecule has 14 heteroatoms. The minimum Gasteiger partial charge on any atom is -0.481 e. The normalized spacial score (nSPS) is 24.9. The van der Waals surface area contributed by atoms with Gasteiger partial charge in [0.05, 0.1) is 18.3 Å². The summed E-state index contributed by atoms with van der Waals surface area (Å²) in [6, 6.07) is 0. The maximum atomic E-state index is 11.9. The van der Waals surface area contributed by atoms with Gasteiger partial charge in [0, 0.05) is 18.1 Å². The zero-order valence-corrected chi connectivity index (χ0v) is 15.8. The summed E-state index contributed by atoms with van der Waals surface area (Å²) in [7, 11) is 1.22. The van der Waals surface area contributed by atoms with Crippen molar-refractivity contribution < 1.29 is 29.4 Å². The Morgan fingerprint density at radius 1 is 1.48 bits per heavy atom. The first-order valence-electron chi connectivity index (χ1n) is 7.73. The number of nitrogens with zero attached hydrogens (tertiary/aromatic N) is 6. The highest BCUT2D eigenvalue weighted by atomic mass is 32.2. The molecule has 2 aliphatic heterocycles. The molecule has 2 atom stereocenters. The average molecular weight is 416 g/mol. The zero-order valence-electron chi connectivity index (χ0n) is 14.1. The Bertz CT molecular complexity index is 800. The van der Waals surface area contributed by atoms with Gasteiger partial charge in [-0.3, -0.25) is 9.59 Å². The van der Waals surface area contributed by atoms with Gasteiger partial charge in [-0.25, -0.2) is 9.48 Å². The second kappa shape index (κ2) is 7.72. The van der Waals surface area contributed by atoms with Crippen LogP contribution in [0.2, 0.25) is 0 Å². The van der Waals surface area contributed by atoms with E-state index in [0.29, 0.717) is 12.2 Å². The zero-order chi connectivity index (χ0) is 19.6. The molecule has 1 amide bonds. The Hall–Kier alpha value is -2.35. The Labute approximate surface area is 161 Å². The Morgan fingerprint density at radius 2 is 2.26 bits per heavy atom. The standard InChI is InChI=1S/C13H16N6O6S2/c1-25-15-7(10(21)22)3-19-12(14-16-17-19)27-6-13(11(23)24)4-18-8(20)2-9(18)26-5-13/h9H,2-6H2,1H3,(H,21,22)(H,23,24)/t9-,13?/m1/s1. The monoisotopic (exact) mass is 416 g/mol. The number of carboxylic acid groups (broad SMARTS) is 2. The number of rotatable bonds is 8. The molecule has 0 radical (unpaired) electrons. The molecule has 146 valence electrons. The molecule has 1 aromatic rings. The van der Waals surface area contributed by atoms with Gasteiger partial charge >= 0.3 is 11.9 Å². The molecule has 3 rings (SSSR count). The lowest BCUT2D eigenvalue weighted by molar-refractivity contribution is -0.153. The van der Waals surface area contributed by atoms with Crippen molar-refractivity contribution in [2.24, 2.45) is 10.6 Å². The first-order chi connectivity index (χ1) is 12.9. The molecule has 2 fully saturated rings. The van der Waals surface area contributed by atoms with Gasteiger partial charge in [0.25, 0.3) is 0 Å². The van der Waals surface area contributed by atoms with E-state index < -0.39 is 17.4 Å². The molecular formula is C13H16N6O6S2. The third kappa shape index (κ3) is 3.85. The van der Waals surface area contributed by atoms with Gasteiger partial charge in [0.1, 0.15) is 12.5 Å². The number of β-lactam (4-membered cyclic amide) rings is 1. The molecule has 1 unspecified atom stereocenters. The van der Waals surface area contributed by atoms with Gasteiger partial charge in [0.2, 0.25) is 11.1 Å². The van der Waals surface area contributed by atoms with Crippen LogP contribution in [0.5, 0.6) is 0 Å². The predicted molar refractivity (Wildman–Crippen MR) is 93.3 cm³/mol. The summed E-state index contributed by atoms with van der Waals surface area (Å²) >= 11 is 2.55. The fraction of sp³-hybridized carbons (Fsp3) is 0.615. The van der Waals surface area contributed by atoms with E-state index in [1.807, 2.05) is 0 Å². The SMILES string of the molecule is CON=C(Cn1nnnc1SCC1(C(=O)O)CS[C@@H]2CC(=O)N2C1)C(=O)O. The quantitative estimate of drug-likeness (QED) is 0.237. The predicted octanol–water partition coefficient (Wildman–Crippen LogP) is -0.772. The number of hydrogen-bond acceptors (Lipinski definition) is 10. The third-order valence-electron chi connectivity index (χ3n) is 4.22. The molecule has 0 aliphatic carbocycles. The minimum absolute atomic E-state index is 0.0467. The lowest BCUT2D eigenvalue weighted by Gasteiger charge is -2.49. The van der Waals surface area contributed by atoms with Gasteiger partial charge in [-0.2, -0.15) is 0 Å². The van der Waals surface area contributed by atoms with Crippen molar-refractivity contribution in [2.75, 3.05) is 25.2 Å². The second-order valence-corrected chi connectivity index (χ2v) is 8.12. The molecule has 1 aromatic heterocycles. The number of hydrogen-bond donors (Lipinski definition) is 2. The first-order valence-corrected chi connectivity index (χ1v) is 9.76. The molecule has 0 spiro atoms. The van der Waals surface area contributed by atoms with E-state index in [2.05, 4.69) is 25.5 Å². The number of carboxylic acids is 2. The first kappa shape index (κ1) is 19.4. The Kier molecular flexibility index (Phi) is 5.55. The van der Waals surface area contributed by atoms with E-state index in [-0.39, 0.29) is 41.0 Å². The van der Waals surface area contributed by atoms with E-state index in [9.17, 15) is 19.5 Å². The molecule has 0 saturated carbocycles. The van der Waals surface area contributed by atoms with Crippen LogP contribution in [0.15, 0.2) is 10.3 Å². The van der Waals surface area contributed by atoms with E-state index in [1.165, 1.54) is 23.6 Å². The van der Waals surface area contributed by atoms with Gasteiger partial charge in [-0.15, -0.1) is 16.9 Å². The van der Waals surface area contributed by atoms with Crippen molar-refractivity contribution in [2.45, 2.75) is 23.5 Å². The number of aromatic nitrogens is 4. The van der Waals surface area contributed by atoms with Crippen LogP contribution in [0.3, 0.4) is 0 Å². The van der Waals surface area contributed by atoms with Crippen molar-refractivity contribution in [3.63, 3.8) is 0 Å². The summed E-state index contributed by atoms with van der Waals surface area (Å²) in [5.41, 5.74) is -1.43. The average Bonchev–Trinajstić information content (AvgIpc) is 3.06. The number of carbonyl (C=O) groups excluding carboxylic acids is 1. The van der Waals surface area contributed by atoms with Crippen molar-refractivity contribution in [1.29, 1.82) is 0 Å². The third-order valence-corrected chi connectivity index (χ3v) is 6.99. The number of aliphatic carboxylic acids is 2. The van der Waals surface area contributed by atoms with Crippen LogP contribution in [-0.4, -0.2) is 89.4 Å². The highest BCUT2D eigenvalue weighted by molar-refractivity contribution is 8.00. The van der Waals surface area contributed by atoms with Crippen LogP contribution >= 0.6 is 23.5 Å². The molecule has 3 heterocycles. The lowest BCUT2D eigenvalue weighted by atomic mass is 9.90. The number of carbonyl (C=O) groups is 3. The van der Waals surface area contributed by atoms with E-state index in [1.54, 1.807) is 4.90 Å². The van der Waals surface area contributed by atoms with Gasteiger partial charge in [0.15, 0.2) is 5.71 Å². The summed E-state index contributed by atoms with van der Waals surface area (Å²) in [4.78, 5) is 40.9. The molecule has 2 aliphatic rings. The maximum absolute atomic E-state index is 11.9. The molecular weight excluding hydrogens is 400 g/mol. The van der Waals surface area contributed by atoms with Crippen LogP contribution in [0.4, 0.5) is 0 Å². The van der Waals surface area contributed by atoms with Crippen molar-refractivity contribution in [1.82, 2.24) is 25.1 Å². The van der Waals surface area contributed by atoms with Crippen molar-refractivity contribution >= 4 is 47.1 Å². The van der Waals surface area contributed by atoms with Gasteiger partial charge < -0.3 is 20.0 Å². The number of oxime groups is 1. The summed E-state index contributed by atoms with van der Waals surface area (Å²) in [6.45, 7) is -0.0983. The summed E-state index contributed by atoms with van der Waals surface area (Å²) in [6.07, 6.45) is 0.447. The number of amides is 1. The molecule has 0 bridgehead atoms. The topological polar surface area (TPSA) is 160 Å². The Balaban J connectivity index is 1.71. The summed E-state index contributed by atoms with van der Waals surface area (Å²) in [5.74, 6) is -1.81. The van der Waals surface area contributed by atoms with Crippen LogP contribution in [-0.2, 0) is 25.8 Å². The largest absolute Gasteiger partial charge is 0.481 e. The number of tetrazole rings is 1. The molecule has 0 aromatic carbocycles. The summed E-state index contributed by atoms with van der Waals surface area (Å²) < 4.78 is 1.21.